The molecule has 1 aliphatic heterocycles. The molecule has 2 aromatic rings. The van der Waals surface area contributed by atoms with Gasteiger partial charge in [-0.1, -0.05) is 12.1 Å². The summed E-state index contributed by atoms with van der Waals surface area (Å²) < 4.78 is 0. The molecule has 4 heteroatoms. The van der Waals surface area contributed by atoms with Gasteiger partial charge in [0.05, 0.1) is 11.4 Å². The average molecular weight is 254 g/mol. The Hall–Kier alpha value is -2.10. The van der Waals surface area contributed by atoms with E-state index in [4.69, 9.17) is 0 Å². The number of hydrogen-bond acceptors (Lipinski definition) is 4. The van der Waals surface area contributed by atoms with Gasteiger partial charge in [-0.2, -0.15) is 0 Å². The van der Waals surface area contributed by atoms with Crippen LogP contribution < -0.4 is 9.80 Å². The largest absolute Gasteiger partial charge is 0.368 e. The van der Waals surface area contributed by atoms with E-state index in [9.17, 15) is 0 Å². The third-order valence-corrected chi connectivity index (χ3v) is 3.57. The SMILES string of the molecule is CCN1CCN(Cc2cncnc2)c2ccccc21. The minimum atomic E-state index is 0.870. The molecule has 0 fully saturated rings. The zero-order valence-corrected chi connectivity index (χ0v) is 11.2. The summed E-state index contributed by atoms with van der Waals surface area (Å²) >= 11 is 0. The molecule has 1 aromatic carbocycles. The van der Waals surface area contributed by atoms with Gasteiger partial charge in [0, 0.05) is 44.1 Å². The van der Waals surface area contributed by atoms with Gasteiger partial charge in [-0.25, -0.2) is 9.97 Å². The molecule has 98 valence electrons. The Labute approximate surface area is 113 Å². The highest BCUT2D eigenvalue weighted by Crippen LogP contribution is 2.33. The monoisotopic (exact) mass is 254 g/mol. The Kier molecular flexibility index (Phi) is 3.31. The maximum absolute atomic E-state index is 4.09. The summed E-state index contributed by atoms with van der Waals surface area (Å²) in [6, 6.07) is 8.61. The second-order valence-electron chi connectivity index (χ2n) is 4.74. The highest BCUT2D eigenvalue weighted by molar-refractivity contribution is 5.73. The number of para-hydroxylation sites is 2. The van der Waals surface area contributed by atoms with Crippen LogP contribution >= 0.6 is 0 Å². The van der Waals surface area contributed by atoms with Crippen LogP contribution in [0.4, 0.5) is 11.4 Å². The fourth-order valence-corrected chi connectivity index (χ4v) is 2.61. The first kappa shape index (κ1) is 12.0. The third-order valence-electron chi connectivity index (χ3n) is 3.57. The van der Waals surface area contributed by atoms with E-state index in [2.05, 4.69) is 51.0 Å². The molecular weight excluding hydrogens is 236 g/mol. The lowest BCUT2D eigenvalue weighted by Gasteiger charge is -2.38. The van der Waals surface area contributed by atoms with E-state index >= 15 is 0 Å². The van der Waals surface area contributed by atoms with E-state index in [-0.39, 0.29) is 0 Å². The lowest BCUT2D eigenvalue weighted by atomic mass is 10.1. The van der Waals surface area contributed by atoms with Gasteiger partial charge in [-0.3, -0.25) is 0 Å². The second-order valence-corrected chi connectivity index (χ2v) is 4.74. The molecule has 1 aromatic heterocycles. The topological polar surface area (TPSA) is 32.3 Å². The van der Waals surface area contributed by atoms with E-state index in [1.165, 1.54) is 11.4 Å². The van der Waals surface area contributed by atoms with Crippen LogP contribution in [0, 0.1) is 0 Å². The van der Waals surface area contributed by atoms with Gasteiger partial charge in [0.2, 0.25) is 0 Å². The maximum Gasteiger partial charge on any atom is 0.115 e. The Morgan fingerprint density at radius 3 is 2.32 bits per heavy atom. The number of anilines is 2. The highest BCUT2D eigenvalue weighted by Gasteiger charge is 2.20. The first-order valence-corrected chi connectivity index (χ1v) is 6.71. The second kappa shape index (κ2) is 5.26. The van der Waals surface area contributed by atoms with Crippen molar-refractivity contribution in [2.45, 2.75) is 13.5 Å². The Morgan fingerprint density at radius 2 is 1.63 bits per heavy atom. The molecule has 0 radical (unpaired) electrons. The number of fused-ring (bicyclic) bond motifs is 1. The summed E-state index contributed by atoms with van der Waals surface area (Å²) in [5.41, 5.74) is 3.79. The van der Waals surface area contributed by atoms with Crippen molar-refractivity contribution in [2.75, 3.05) is 29.4 Å². The van der Waals surface area contributed by atoms with Crippen LogP contribution in [-0.4, -0.2) is 29.6 Å². The van der Waals surface area contributed by atoms with Gasteiger partial charge < -0.3 is 9.80 Å². The number of aromatic nitrogens is 2. The van der Waals surface area contributed by atoms with Crippen LogP contribution in [-0.2, 0) is 6.54 Å². The predicted molar refractivity (Wildman–Crippen MR) is 77.4 cm³/mol. The lowest BCUT2D eigenvalue weighted by Crippen LogP contribution is -2.40. The smallest absolute Gasteiger partial charge is 0.115 e. The van der Waals surface area contributed by atoms with Crippen molar-refractivity contribution in [3.8, 4) is 0 Å². The van der Waals surface area contributed by atoms with Crippen LogP contribution in [0.1, 0.15) is 12.5 Å². The molecule has 0 saturated carbocycles. The first-order chi connectivity index (χ1) is 9.38. The predicted octanol–water partition coefficient (Wildman–Crippen LogP) is 2.32. The van der Waals surface area contributed by atoms with E-state index < -0.39 is 0 Å². The van der Waals surface area contributed by atoms with Crippen LogP contribution in [0.5, 0.6) is 0 Å². The van der Waals surface area contributed by atoms with Crippen molar-refractivity contribution in [3.63, 3.8) is 0 Å². The van der Waals surface area contributed by atoms with Gasteiger partial charge in [0.1, 0.15) is 6.33 Å². The minimum Gasteiger partial charge on any atom is -0.368 e. The molecule has 0 atom stereocenters. The molecule has 2 heterocycles. The number of benzene rings is 1. The normalized spacial score (nSPS) is 14.4. The molecule has 0 N–H and O–H groups in total. The molecule has 0 saturated heterocycles. The maximum atomic E-state index is 4.09. The molecule has 0 bridgehead atoms. The van der Waals surface area contributed by atoms with E-state index in [0.29, 0.717) is 0 Å². The Balaban J connectivity index is 1.88. The molecule has 0 aliphatic carbocycles. The fraction of sp³-hybridized carbons (Fsp3) is 0.333. The summed E-state index contributed by atoms with van der Waals surface area (Å²) in [6.07, 6.45) is 5.36. The van der Waals surface area contributed by atoms with Gasteiger partial charge in [-0.05, 0) is 19.1 Å². The minimum absolute atomic E-state index is 0.870. The number of nitrogens with zero attached hydrogens (tertiary/aromatic N) is 4. The number of likely N-dealkylation sites (N-methyl/N-ethyl adjacent to an activating group) is 1. The number of rotatable bonds is 3. The fourth-order valence-electron chi connectivity index (χ4n) is 2.61. The third kappa shape index (κ3) is 2.38. The van der Waals surface area contributed by atoms with Gasteiger partial charge in [0.15, 0.2) is 0 Å². The van der Waals surface area contributed by atoms with Gasteiger partial charge >= 0.3 is 0 Å². The van der Waals surface area contributed by atoms with Crippen molar-refractivity contribution in [2.24, 2.45) is 0 Å². The zero-order chi connectivity index (χ0) is 13.1. The molecule has 0 amide bonds. The van der Waals surface area contributed by atoms with Gasteiger partial charge in [-0.15, -0.1) is 0 Å². The van der Waals surface area contributed by atoms with Crippen molar-refractivity contribution in [3.05, 3.63) is 48.5 Å². The van der Waals surface area contributed by atoms with Crippen LogP contribution in [0.3, 0.4) is 0 Å². The van der Waals surface area contributed by atoms with E-state index in [0.717, 1.165) is 31.7 Å². The lowest BCUT2D eigenvalue weighted by molar-refractivity contribution is 0.705. The van der Waals surface area contributed by atoms with Crippen molar-refractivity contribution < 1.29 is 0 Å². The number of hydrogen-bond donors (Lipinski definition) is 0. The average Bonchev–Trinajstić information content (AvgIpc) is 2.49. The van der Waals surface area contributed by atoms with Crippen LogP contribution in [0.2, 0.25) is 0 Å². The quantitative estimate of drug-likeness (QED) is 0.841. The standard InChI is InChI=1S/C15H18N4/c1-2-18-7-8-19(11-13-9-16-12-17-10-13)15-6-4-3-5-14(15)18/h3-6,9-10,12H,2,7-8,11H2,1H3. The summed E-state index contributed by atoms with van der Waals surface area (Å²) in [7, 11) is 0. The first-order valence-electron chi connectivity index (χ1n) is 6.71. The molecule has 3 rings (SSSR count). The van der Waals surface area contributed by atoms with Crippen molar-refractivity contribution in [1.82, 2.24) is 9.97 Å². The van der Waals surface area contributed by atoms with Crippen molar-refractivity contribution in [1.29, 1.82) is 0 Å². The molecule has 19 heavy (non-hydrogen) atoms. The molecule has 4 nitrogen and oxygen atoms in total. The van der Waals surface area contributed by atoms with Crippen molar-refractivity contribution >= 4 is 11.4 Å². The zero-order valence-electron chi connectivity index (χ0n) is 11.2. The summed E-state index contributed by atoms with van der Waals surface area (Å²) in [5.74, 6) is 0. The molecule has 0 spiro atoms. The summed E-state index contributed by atoms with van der Waals surface area (Å²) in [4.78, 5) is 13.0. The molecule has 0 unspecified atom stereocenters. The summed E-state index contributed by atoms with van der Waals surface area (Å²) in [6.45, 7) is 6.24. The molecule has 1 aliphatic rings. The van der Waals surface area contributed by atoms with Crippen LogP contribution in [0.15, 0.2) is 43.0 Å². The van der Waals surface area contributed by atoms with E-state index in [1.807, 2.05) is 12.4 Å². The molecular formula is C15H18N4. The Morgan fingerprint density at radius 1 is 1.00 bits per heavy atom. The highest BCUT2D eigenvalue weighted by atomic mass is 15.3. The Bertz CT molecular complexity index is 541. The van der Waals surface area contributed by atoms with Crippen LogP contribution in [0.25, 0.3) is 0 Å². The summed E-state index contributed by atoms with van der Waals surface area (Å²) in [5, 5.41) is 0. The van der Waals surface area contributed by atoms with Gasteiger partial charge in [0.25, 0.3) is 0 Å². The van der Waals surface area contributed by atoms with E-state index in [1.54, 1.807) is 6.33 Å².